The Balaban J connectivity index is 2.72. The summed E-state index contributed by atoms with van der Waals surface area (Å²) in [6.07, 6.45) is 0.134. The van der Waals surface area contributed by atoms with Gasteiger partial charge in [0.05, 0.1) is 5.75 Å². The van der Waals surface area contributed by atoms with Gasteiger partial charge in [-0.2, -0.15) is 0 Å². The van der Waals surface area contributed by atoms with Crippen LogP contribution in [0.25, 0.3) is 0 Å². The molecular weight excluding hydrogens is 198 g/mol. The third kappa shape index (κ3) is 3.20. The van der Waals surface area contributed by atoms with Gasteiger partial charge in [0.2, 0.25) is 0 Å². The van der Waals surface area contributed by atoms with Crippen molar-refractivity contribution in [1.82, 2.24) is 0 Å². The smallest absolute Gasteiger partial charge is 0.153 e. The molecule has 0 spiro atoms. The predicted molar refractivity (Wildman–Crippen MR) is 45.7 cm³/mol. The maximum absolute atomic E-state index is 12.9. The lowest BCUT2D eigenvalue weighted by atomic mass is 10.1. The zero-order valence-corrected chi connectivity index (χ0v) is 7.48. The van der Waals surface area contributed by atoms with E-state index in [1.807, 2.05) is 0 Å². The predicted octanol–water partition coefficient (Wildman–Crippen LogP) is 1.73. The van der Waals surface area contributed by atoms with E-state index in [4.69, 9.17) is 4.55 Å². The van der Waals surface area contributed by atoms with Gasteiger partial charge >= 0.3 is 0 Å². The first-order valence-corrected chi connectivity index (χ1v) is 4.88. The molecular formula is C8H8F2O2S. The summed E-state index contributed by atoms with van der Waals surface area (Å²) in [5.74, 6) is -1.36. The number of aryl methyl sites for hydroxylation is 1. The minimum atomic E-state index is -1.94. The van der Waals surface area contributed by atoms with Gasteiger partial charge in [0.15, 0.2) is 11.1 Å². The molecule has 1 aromatic rings. The van der Waals surface area contributed by atoms with Crippen LogP contribution in [0.2, 0.25) is 0 Å². The minimum absolute atomic E-state index is 0.0391. The van der Waals surface area contributed by atoms with Crippen molar-refractivity contribution in [1.29, 1.82) is 0 Å². The van der Waals surface area contributed by atoms with Crippen LogP contribution in [0.1, 0.15) is 5.56 Å². The van der Waals surface area contributed by atoms with Crippen molar-refractivity contribution in [2.75, 3.05) is 5.75 Å². The molecule has 1 aromatic carbocycles. The molecule has 0 fully saturated rings. The first-order valence-electron chi connectivity index (χ1n) is 3.61. The summed E-state index contributed by atoms with van der Waals surface area (Å²) in [5.41, 5.74) is 0.254. The summed E-state index contributed by atoms with van der Waals surface area (Å²) in [6, 6.07) is 3.16. The Labute approximate surface area is 76.9 Å². The highest BCUT2D eigenvalue weighted by atomic mass is 32.2. The van der Waals surface area contributed by atoms with Crippen molar-refractivity contribution in [2.24, 2.45) is 0 Å². The van der Waals surface area contributed by atoms with Gasteiger partial charge < -0.3 is 4.55 Å². The molecule has 1 N–H and O–H groups in total. The first-order chi connectivity index (χ1) is 6.09. The average molecular weight is 206 g/mol. The summed E-state index contributed by atoms with van der Waals surface area (Å²) in [4.78, 5) is 0. The van der Waals surface area contributed by atoms with E-state index in [9.17, 15) is 13.0 Å². The molecule has 0 aliphatic rings. The molecule has 2 nitrogen and oxygen atoms in total. The van der Waals surface area contributed by atoms with Crippen LogP contribution in [0.15, 0.2) is 18.2 Å². The fourth-order valence-electron chi connectivity index (χ4n) is 0.922. The molecule has 0 bridgehead atoms. The summed E-state index contributed by atoms with van der Waals surface area (Å²) >= 11 is -1.94. The highest BCUT2D eigenvalue weighted by Gasteiger charge is 2.04. The normalized spacial score (nSPS) is 12.8. The number of benzene rings is 1. The minimum Gasteiger partial charge on any atom is -0.306 e. The van der Waals surface area contributed by atoms with Crippen LogP contribution in [0.4, 0.5) is 8.78 Å². The van der Waals surface area contributed by atoms with Gasteiger partial charge in [0.1, 0.15) is 11.6 Å². The number of hydrogen-bond donors (Lipinski definition) is 1. The Morgan fingerprint density at radius 3 is 2.62 bits per heavy atom. The van der Waals surface area contributed by atoms with Crippen molar-refractivity contribution in [2.45, 2.75) is 6.42 Å². The molecule has 0 aliphatic carbocycles. The van der Waals surface area contributed by atoms with E-state index >= 15 is 0 Å². The third-order valence-corrected chi connectivity index (χ3v) is 2.11. The van der Waals surface area contributed by atoms with Gasteiger partial charge in [-0.3, -0.25) is 0 Å². The van der Waals surface area contributed by atoms with Crippen molar-refractivity contribution < 1.29 is 17.5 Å². The van der Waals surface area contributed by atoms with E-state index < -0.39 is 22.7 Å². The largest absolute Gasteiger partial charge is 0.306 e. The Bertz CT molecular complexity index is 328. The number of rotatable bonds is 3. The fraction of sp³-hybridized carbons (Fsp3) is 0.250. The van der Waals surface area contributed by atoms with E-state index in [1.54, 1.807) is 0 Å². The van der Waals surface area contributed by atoms with Gasteiger partial charge in [-0.1, -0.05) is 6.07 Å². The summed E-state index contributed by atoms with van der Waals surface area (Å²) in [5, 5.41) is 0. The van der Waals surface area contributed by atoms with Crippen LogP contribution >= 0.6 is 0 Å². The SMILES string of the molecule is O=S(O)CCc1ccc(F)cc1F. The molecule has 0 amide bonds. The van der Waals surface area contributed by atoms with Gasteiger partial charge in [-0.25, -0.2) is 13.0 Å². The van der Waals surface area contributed by atoms with Crippen molar-refractivity contribution in [3.8, 4) is 0 Å². The molecule has 0 saturated carbocycles. The zero-order chi connectivity index (χ0) is 9.84. The van der Waals surface area contributed by atoms with Crippen LogP contribution in [0, 0.1) is 11.6 Å². The molecule has 0 aromatic heterocycles. The topological polar surface area (TPSA) is 37.3 Å². The molecule has 0 heterocycles. The van der Waals surface area contributed by atoms with Crippen molar-refractivity contribution in [3.05, 3.63) is 35.4 Å². The van der Waals surface area contributed by atoms with Gasteiger partial charge in [-0.15, -0.1) is 0 Å². The molecule has 72 valence electrons. The lowest BCUT2D eigenvalue weighted by Crippen LogP contribution is -2.01. The lowest BCUT2D eigenvalue weighted by Gasteiger charge is -2.00. The standard InChI is InChI=1S/C8H8F2O2S/c9-7-2-1-6(8(10)5-7)3-4-13(11)12/h1-2,5H,3-4H2,(H,11,12). The fourth-order valence-corrected chi connectivity index (χ4v) is 1.32. The summed E-state index contributed by atoms with van der Waals surface area (Å²) < 4.78 is 44.0. The Morgan fingerprint density at radius 1 is 1.38 bits per heavy atom. The third-order valence-electron chi connectivity index (χ3n) is 1.56. The Kier molecular flexibility index (Phi) is 3.50. The Hall–Kier alpha value is -0.810. The van der Waals surface area contributed by atoms with Crippen LogP contribution in [-0.4, -0.2) is 14.5 Å². The van der Waals surface area contributed by atoms with Gasteiger partial charge in [-0.05, 0) is 18.1 Å². The molecule has 1 unspecified atom stereocenters. The first kappa shape index (κ1) is 10.3. The monoisotopic (exact) mass is 206 g/mol. The van der Waals surface area contributed by atoms with Crippen molar-refractivity contribution in [3.63, 3.8) is 0 Å². The van der Waals surface area contributed by atoms with Crippen LogP contribution in [-0.2, 0) is 17.5 Å². The molecule has 0 saturated heterocycles. The van der Waals surface area contributed by atoms with Crippen molar-refractivity contribution >= 4 is 11.1 Å². The number of halogens is 2. The average Bonchev–Trinajstić information content (AvgIpc) is 2.02. The molecule has 13 heavy (non-hydrogen) atoms. The van der Waals surface area contributed by atoms with Crippen LogP contribution in [0.3, 0.4) is 0 Å². The van der Waals surface area contributed by atoms with E-state index in [0.717, 1.165) is 12.1 Å². The highest BCUT2D eigenvalue weighted by Crippen LogP contribution is 2.10. The summed E-state index contributed by atoms with van der Waals surface area (Å²) in [6.45, 7) is 0. The quantitative estimate of drug-likeness (QED) is 0.765. The molecule has 1 atom stereocenters. The van der Waals surface area contributed by atoms with Gasteiger partial charge in [0.25, 0.3) is 0 Å². The maximum atomic E-state index is 12.9. The van der Waals surface area contributed by atoms with Crippen LogP contribution < -0.4 is 0 Å². The Morgan fingerprint density at radius 2 is 2.08 bits per heavy atom. The van der Waals surface area contributed by atoms with E-state index in [1.165, 1.54) is 6.07 Å². The second-order valence-electron chi connectivity index (χ2n) is 2.51. The second-order valence-corrected chi connectivity index (χ2v) is 3.56. The lowest BCUT2D eigenvalue weighted by molar-refractivity contribution is 0.559. The van der Waals surface area contributed by atoms with E-state index in [-0.39, 0.29) is 17.7 Å². The maximum Gasteiger partial charge on any atom is 0.153 e. The molecule has 0 radical (unpaired) electrons. The zero-order valence-electron chi connectivity index (χ0n) is 6.67. The molecule has 5 heteroatoms. The molecule has 0 aliphatic heterocycles. The van der Waals surface area contributed by atoms with Crippen LogP contribution in [0.5, 0.6) is 0 Å². The van der Waals surface area contributed by atoms with E-state index in [2.05, 4.69) is 0 Å². The second kappa shape index (κ2) is 4.43. The number of hydrogen-bond acceptors (Lipinski definition) is 1. The van der Waals surface area contributed by atoms with E-state index in [0.29, 0.717) is 0 Å². The highest BCUT2D eigenvalue weighted by molar-refractivity contribution is 7.79. The molecule has 1 rings (SSSR count). The summed E-state index contributed by atoms with van der Waals surface area (Å²) in [7, 11) is 0. The van der Waals surface area contributed by atoms with Gasteiger partial charge in [0, 0.05) is 6.07 Å².